The molecule has 6 heteroatoms. The second kappa shape index (κ2) is 7.26. The lowest BCUT2D eigenvalue weighted by Crippen LogP contribution is -2.29. The first-order chi connectivity index (χ1) is 10.1. The number of nitrogens with one attached hydrogen (secondary N) is 1. The molecule has 4 nitrogen and oxygen atoms in total. The van der Waals surface area contributed by atoms with E-state index in [1.54, 1.807) is 14.2 Å². The van der Waals surface area contributed by atoms with Gasteiger partial charge in [-0.15, -0.1) is 0 Å². The van der Waals surface area contributed by atoms with E-state index < -0.39 is 0 Å². The summed E-state index contributed by atoms with van der Waals surface area (Å²) in [5, 5.41) is 0. The van der Waals surface area contributed by atoms with Crippen molar-refractivity contribution >= 4 is 31.9 Å². The third-order valence-corrected chi connectivity index (χ3v) is 4.05. The molecule has 0 bridgehead atoms. The zero-order chi connectivity index (χ0) is 15.4. The fourth-order valence-corrected chi connectivity index (χ4v) is 3.49. The van der Waals surface area contributed by atoms with Crippen molar-refractivity contribution in [3.05, 3.63) is 56.5 Å². The van der Waals surface area contributed by atoms with Gasteiger partial charge in [0.25, 0.3) is 0 Å². The van der Waals surface area contributed by atoms with Crippen LogP contribution in [-0.4, -0.2) is 14.2 Å². The van der Waals surface area contributed by atoms with Gasteiger partial charge in [0.2, 0.25) is 0 Å². The van der Waals surface area contributed by atoms with Gasteiger partial charge < -0.3 is 9.47 Å². The number of ether oxygens (including phenoxy) is 2. The molecular weight excluding hydrogens is 400 g/mol. The maximum atomic E-state index is 5.76. The van der Waals surface area contributed by atoms with Crippen LogP contribution < -0.4 is 20.7 Å². The van der Waals surface area contributed by atoms with Gasteiger partial charge in [-0.1, -0.05) is 31.9 Å². The Morgan fingerprint density at radius 2 is 1.67 bits per heavy atom. The lowest BCUT2D eigenvalue weighted by molar-refractivity contribution is 0.387. The molecule has 0 aliphatic rings. The lowest BCUT2D eigenvalue weighted by atomic mass is 9.98. The maximum Gasteiger partial charge on any atom is 0.127 e. The van der Waals surface area contributed by atoms with Crippen LogP contribution in [0.4, 0.5) is 0 Å². The quantitative estimate of drug-likeness (QED) is 0.576. The van der Waals surface area contributed by atoms with E-state index in [0.29, 0.717) is 5.75 Å². The van der Waals surface area contributed by atoms with Crippen LogP contribution in [0.5, 0.6) is 11.5 Å². The van der Waals surface area contributed by atoms with Crippen molar-refractivity contribution in [2.24, 2.45) is 5.84 Å². The van der Waals surface area contributed by atoms with Crippen molar-refractivity contribution < 1.29 is 9.47 Å². The van der Waals surface area contributed by atoms with E-state index in [-0.39, 0.29) is 6.04 Å². The van der Waals surface area contributed by atoms with Gasteiger partial charge in [-0.3, -0.25) is 5.84 Å². The molecule has 2 aromatic rings. The first-order valence-corrected chi connectivity index (χ1v) is 7.81. The maximum absolute atomic E-state index is 5.76. The molecule has 3 N–H and O–H groups in total. The Hall–Kier alpha value is -1.08. The average Bonchev–Trinajstić information content (AvgIpc) is 2.47. The number of hydrazine groups is 1. The van der Waals surface area contributed by atoms with Crippen molar-refractivity contribution in [1.82, 2.24) is 5.43 Å². The van der Waals surface area contributed by atoms with Gasteiger partial charge in [0.1, 0.15) is 11.5 Å². The number of benzene rings is 2. The fraction of sp³-hybridized carbons (Fsp3) is 0.200. The Kier molecular flexibility index (Phi) is 5.64. The van der Waals surface area contributed by atoms with Crippen molar-refractivity contribution in [3.63, 3.8) is 0 Å². The van der Waals surface area contributed by atoms with Crippen LogP contribution in [-0.2, 0) is 0 Å². The summed E-state index contributed by atoms with van der Waals surface area (Å²) in [5.74, 6) is 7.22. The van der Waals surface area contributed by atoms with Crippen molar-refractivity contribution in [2.45, 2.75) is 6.04 Å². The molecule has 0 aliphatic carbocycles. The monoisotopic (exact) mass is 414 g/mol. The highest BCUT2D eigenvalue weighted by Crippen LogP contribution is 2.34. The second-order valence-corrected chi connectivity index (χ2v) is 6.24. The molecule has 21 heavy (non-hydrogen) atoms. The lowest BCUT2D eigenvalue weighted by Gasteiger charge is -2.20. The van der Waals surface area contributed by atoms with Gasteiger partial charge in [0, 0.05) is 20.6 Å². The largest absolute Gasteiger partial charge is 0.497 e. The number of hydrogen-bond acceptors (Lipinski definition) is 4. The summed E-state index contributed by atoms with van der Waals surface area (Å²) in [6, 6.07) is 11.5. The molecule has 0 fully saturated rings. The highest BCUT2D eigenvalue weighted by atomic mass is 79.9. The molecule has 0 aromatic heterocycles. The molecule has 0 spiro atoms. The van der Waals surface area contributed by atoms with E-state index in [2.05, 4.69) is 37.3 Å². The summed E-state index contributed by atoms with van der Waals surface area (Å²) in [5.41, 5.74) is 4.79. The normalized spacial score (nSPS) is 12.0. The Labute approximate surface area is 140 Å². The van der Waals surface area contributed by atoms with E-state index in [9.17, 15) is 0 Å². The number of halogens is 2. The summed E-state index contributed by atoms with van der Waals surface area (Å²) < 4.78 is 12.6. The molecule has 2 rings (SSSR count). The Bertz CT molecular complexity index is 615. The smallest absolute Gasteiger partial charge is 0.127 e. The Morgan fingerprint density at radius 1 is 1.00 bits per heavy atom. The highest BCUT2D eigenvalue weighted by Gasteiger charge is 2.18. The molecule has 0 saturated carbocycles. The summed E-state index contributed by atoms with van der Waals surface area (Å²) in [6.07, 6.45) is 0. The third kappa shape index (κ3) is 3.77. The second-order valence-electron chi connectivity index (χ2n) is 4.41. The summed E-state index contributed by atoms with van der Waals surface area (Å²) in [7, 11) is 3.25. The molecule has 0 radical (unpaired) electrons. The van der Waals surface area contributed by atoms with E-state index in [1.807, 2.05) is 36.4 Å². The third-order valence-electron chi connectivity index (χ3n) is 3.14. The molecule has 0 amide bonds. The van der Waals surface area contributed by atoms with Crippen LogP contribution in [0, 0.1) is 0 Å². The van der Waals surface area contributed by atoms with Gasteiger partial charge in [-0.2, -0.15) is 0 Å². The van der Waals surface area contributed by atoms with Crippen LogP contribution in [0.15, 0.2) is 45.3 Å². The Balaban J connectivity index is 2.50. The molecular formula is C15H16Br2N2O2. The number of methoxy groups -OCH3 is 2. The van der Waals surface area contributed by atoms with Crippen molar-refractivity contribution in [2.75, 3.05) is 14.2 Å². The summed E-state index contributed by atoms with van der Waals surface area (Å²) in [4.78, 5) is 0. The number of rotatable bonds is 5. The zero-order valence-corrected chi connectivity index (χ0v) is 14.9. The van der Waals surface area contributed by atoms with Gasteiger partial charge in [0.05, 0.1) is 20.3 Å². The molecule has 1 atom stereocenters. The summed E-state index contributed by atoms with van der Waals surface area (Å²) >= 11 is 6.98. The van der Waals surface area contributed by atoms with Crippen LogP contribution in [0.2, 0.25) is 0 Å². The van der Waals surface area contributed by atoms with Gasteiger partial charge in [0.15, 0.2) is 0 Å². The molecule has 112 valence electrons. The van der Waals surface area contributed by atoms with Crippen LogP contribution in [0.25, 0.3) is 0 Å². The predicted octanol–water partition coefficient (Wildman–Crippen LogP) is 3.78. The van der Waals surface area contributed by atoms with Gasteiger partial charge in [-0.25, -0.2) is 5.43 Å². The molecule has 0 heterocycles. The molecule has 2 aromatic carbocycles. The van der Waals surface area contributed by atoms with E-state index in [1.165, 1.54) is 0 Å². The molecule has 0 aliphatic heterocycles. The molecule has 0 saturated heterocycles. The van der Waals surface area contributed by atoms with Gasteiger partial charge >= 0.3 is 0 Å². The van der Waals surface area contributed by atoms with Crippen LogP contribution in [0.1, 0.15) is 17.2 Å². The minimum atomic E-state index is -0.195. The summed E-state index contributed by atoms with van der Waals surface area (Å²) in [6.45, 7) is 0. The van der Waals surface area contributed by atoms with E-state index in [4.69, 9.17) is 15.3 Å². The number of nitrogens with two attached hydrogens (primary N) is 1. The number of hydrogen-bond donors (Lipinski definition) is 2. The first-order valence-electron chi connectivity index (χ1n) is 6.23. The van der Waals surface area contributed by atoms with Gasteiger partial charge in [-0.05, 0) is 35.9 Å². The fourth-order valence-electron chi connectivity index (χ4n) is 2.16. The SMILES string of the molecule is COc1ccc(C(NN)c2cc(Br)cc(Br)c2)c(OC)c1. The van der Waals surface area contributed by atoms with Crippen LogP contribution in [0.3, 0.4) is 0 Å². The highest BCUT2D eigenvalue weighted by molar-refractivity contribution is 9.11. The zero-order valence-electron chi connectivity index (χ0n) is 11.7. The van der Waals surface area contributed by atoms with Crippen molar-refractivity contribution in [3.8, 4) is 11.5 Å². The minimum Gasteiger partial charge on any atom is -0.497 e. The predicted molar refractivity (Wildman–Crippen MR) is 90.6 cm³/mol. The van der Waals surface area contributed by atoms with E-state index >= 15 is 0 Å². The van der Waals surface area contributed by atoms with Crippen LogP contribution >= 0.6 is 31.9 Å². The standard InChI is InChI=1S/C15H16Br2N2O2/c1-20-12-3-4-13(14(8-12)21-2)15(19-18)9-5-10(16)7-11(17)6-9/h3-8,15,19H,18H2,1-2H3. The minimum absolute atomic E-state index is 0.195. The van der Waals surface area contributed by atoms with E-state index in [0.717, 1.165) is 25.8 Å². The van der Waals surface area contributed by atoms with Crippen molar-refractivity contribution in [1.29, 1.82) is 0 Å². The molecule has 1 unspecified atom stereocenters. The topological polar surface area (TPSA) is 56.5 Å². The average molecular weight is 416 g/mol. The Morgan fingerprint density at radius 3 is 2.19 bits per heavy atom. The first kappa shape index (κ1) is 16.3.